The van der Waals surface area contributed by atoms with Crippen molar-refractivity contribution in [2.75, 3.05) is 40.0 Å². The summed E-state index contributed by atoms with van der Waals surface area (Å²) in [7, 11) is -4.48. The van der Waals surface area contributed by atoms with Crippen LogP contribution in [-0.2, 0) is 30.5 Å². The number of aldehydes is 1. The third-order valence-electron chi connectivity index (χ3n) is 7.34. The van der Waals surface area contributed by atoms with Gasteiger partial charge in [0, 0.05) is 49.0 Å². The minimum absolute atomic E-state index is 0.0125. The zero-order valence-electron chi connectivity index (χ0n) is 25.8. The summed E-state index contributed by atoms with van der Waals surface area (Å²) in [5, 5.41) is 0.491. The second kappa shape index (κ2) is 15.8. The Balaban J connectivity index is 0.00000103. The molecule has 0 amide bonds. The predicted molar refractivity (Wildman–Crippen MR) is 182 cm³/mol. The Bertz CT molecular complexity index is 1950. The first kappa shape index (κ1) is 34.4. The lowest BCUT2D eigenvalue weighted by Gasteiger charge is -2.32. The van der Waals surface area contributed by atoms with Gasteiger partial charge >= 0.3 is 0 Å². The molecule has 6 rings (SSSR count). The van der Waals surface area contributed by atoms with Gasteiger partial charge in [0.05, 0.1) is 23.2 Å². The van der Waals surface area contributed by atoms with Crippen LogP contribution in [-0.4, -0.2) is 78.3 Å². The van der Waals surface area contributed by atoms with Crippen molar-refractivity contribution in [3.63, 3.8) is 0 Å². The van der Waals surface area contributed by atoms with Crippen LogP contribution in [0.5, 0.6) is 5.75 Å². The molecule has 246 valence electrons. The highest BCUT2D eigenvalue weighted by molar-refractivity contribution is 7.89. The molecule has 0 N–H and O–H groups in total. The molecule has 0 aliphatic carbocycles. The van der Waals surface area contributed by atoms with Crippen LogP contribution in [0.15, 0.2) is 107 Å². The van der Waals surface area contributed by atoms with Crippen LogP contribution in [0.3, 0.4) is 0 Å². The molecule has 3 aromatic carbocycles. The van der Waals surface area contributed by atoms with Gasteiger partial charge in [-0.1, -0.05) is 60.1 Å². The van der Waals surface area contributed by atoms with E-state index >= 15 is 0 Å². The summed E-state index contributed by atoms with van der Waals surface area (Å²) >= 11 is 6.28. The lowest BCUT2D eigenvalue weighted by molar-refractivity contribution is -0.0249. The van der Waals surface area contributed by atoms with Crippen molar-refractivity contribution in [2.24, 2.45) is 0 Å². The number of carbonyl (C=O) groups excluding carboxylic acids is 1. The molecule has 5 aromatic rings. The van der Waals surface area contributed by atoms with Gasteiger partial charge in [-0.2, -0.15) is 4.31 Å². The Morgan fingerprint density at radius 2 is 1.72 bits per heavy atom. The zero-order valence-corrected chi connectivity index (χ0v) is 28.2. The number of hydrogen-bond acceptors (Lipinski definition) is 8. The average molecular weight is 696 g/mol. The predicted octanol–water partition coefficient (Wildman–Crippen LogP) is 5.86. The molecule has 0 spiro atoms. The van der Waals surface area contributed by atoms with E-state index < -0.39 is 27.1 Å². The summed E-state index contributed by atoms with van der Waals surface area (Å²) in [4.78, 5) is 16.9. The molecular formula is C34H34ClN3O7S2. The third kappa shape index (κ3) is 7.81. The van der Waals surface area contributed by atoms with E-state index in [1.807, 2.05) is 43.3 Å². The molecule has 13 heteroatoms. The number of morpholine rings is 1. The number of benzene rings is 3. The van der Waals surface area contributed by atoms with E-state index in [0.29, 0.717) is 22.4 Å². The van der Waals surface area contributed by atoms with Gasteiger partial charge in [0.1, 0.15) is 29.0 Å². The van der Waals surface area contributed by atoms with Crippen LogP contribution < -0.4 is 4.74 Å². The van der Waals surface area contributed by atoms with Gasteiger partial charge in [-0.15, -0.1) is 0 Å². The Morgan fingerprint density at radius 3 is 2.40 bits per heavy atom. The Hall–Kier alpha value is -3.91. The van der Waals surface area contributed by atoms with Gasteiger partial charge in [0.15, 0.2) is 17.3 Å². The van der Waals surface area contributed by atoms with E-state index in [1.54, 1.807) is 62.0 Å². The number of methoxy groups -OCH3 is 1. The molecule has 10 nitrogen and oxygen atoms in total. The number of halogens is 1. The van der Waals surface area contributed by atoms with Gasteiger partial charge in [-0.05, 0) is 48.9 Å². The SMILES string of the molecule is CCOC.O=Cc1c(S(=O)(=O)N2CCOC(COc3cncc(-c4ccccc4)c3)C2)c2cc(Cl)ccc2n1S(=O)c1ccccc1. The van der Waals surface area contributed by atoms with E-state index in [-0.39, 0.29) is 47.3 Å². The van der Waals surface area contributed by atoms with Crippen molar-refractivity contribution in [1.82, 2.24) is 13.3 Å². The first-order valence-electron chi connectivity index (χ1n) is 14.8. The number of hydrogen-bond donors (Lipinski definition) is 0. The first-order valence-corrected chi connectivity index (χ1v) is 17.7. The highest BCUT2D eigenvalue weighted by atomic mass is 35.5. The Kier molecular flexibility index (Phi) is 11.6. The largest absolute Gasteiger partial charge is 0.489 e. The van der Waals surface area contributed by atoms with Crippen molar-refractivity contribution in [1.29, 1.82) is 0 Å². The van der Waals surface area contributed by atoms with Crippen molar-refractivity contribution >= 4 is 49.8 Å². The third-order valence-corrected chi connectivity index (χ3v) is 10.9. The molecule has 1 aliphatic heterocycles. The van der Waals surface area contributed by atoms with E-state index in [1.165, 1.54) is 14.3 Å². The molecule has 0 saturated carbocycles. The fourth-order valence-corrected chi connectivity index (χ4v) is 8.30. The fraction of sp³-hybridized carbons (Fsp3) is 0.235. The number of pyridine rings is 1. The first-order chi connectivity index (χ1) is 22.8. The van der Waals surface area contributed by atoms with Crippen LogP contribution in [0, 0.1) is 0 Å². The highest BCUT2D eigenvalue weighted by Gasteiger charge is 2.37. The van der Waals surface area contributed by atoms with E-state index in [4.69, 9.17) is 21.1 Å². The minimum atomic E-state index is -4.26. The van der Waals surface area contributed by atoms with Crippen molar-refractivity contribution in [3.05, 3.63) is 108 Å². The quantitative estimate of drug-likeness (QED) is 0.167. The summed E-state index contributed by atoms with van der Waals surface area (Å²) in [6, 6.07) is 24.8. The molecule has 0 radical (unpaired) electrons. The summed E-state index contributed by atoms with van der Waals surface area (Å²) < 4.78 is 60.9. The lowest BCUT2D eigenvalue weighted by Crippen LogP contribution is -2.47. The van der Waals surface area contributed by atoms with Gasteiger partial charge in [0.25, 0.3) is 0 Å². The highest BCUT2D eigenvalue weighted by Crippen LogP contribution is 2.35. The van der Waals surface area contributed by atoms with Crippen LogP contribution in [0.2, 0.25) is 5.02 Å². The molecule has 1 aliphatic rings. The average Bonchev–Trinajstić information content (AvgIpc) is 3.45. The van der Waals surface area contributed by atoms with E-state index in [2.05, 4.69) is 9.72 Å². The van der Waals surface area contributed by atoms with Gasteiger partial charge < -0.3 is 14.2 Å². The topological polar surface area (TPSA) is 117 Å². The molecule has 2 atom stereocenters. The summed E-state index contributed by atoms with van der Waals surface area (Å²) in [6.07, 6.45) is 3.17. The maximum atomic E-state index is 14.2. The molecule has 2 unspecified atom stereocenters. The maximum Gasteiger partial charge on any atom is 0.246 e. The van der Waals surface area contributed by atoms with Gasteiger partial charge in [-0.25, -0.2) is 12.6 Å². The number of fused-ring (bicyclic) bond motifs is 1. The normalized spacial score (nSPS) is 15.9. The summed E-state index contributed by atoms with van der Waals surface area (Å²) in [5.41, 5.74) is 1.97. The fourth-order valence-electron chi connectivity index (χ4n) is 5.04. The molecule has 47 heavy (non-hydrogen) atoms. The van der Waals surface area contributed by atoms with Crippen LogP contribution >= 0.6 is 11.6 Å². The lowest BCUT2D eigenvalue weighted by atomic mass is 10.1. The number of aromatic nitrogens is 2. The maximum absolute atomic E-state index is 14.2. The number of carbonyl (C=O) groups is 1. The number of rotatable bonds is 10. The standard InChI is InChI=1S/C31H26ClN3O6S2.C3H8O/c32-24-11-12-29-28(16-24)31(30(20-36)35(29)42(37)27-9-5-2-6-10-27)43(38,39)34-13-14-40-26(19-34)21-41-25-15-23(17-33-18-25)22-7-3-1-4-8-22;1-3-4-2/h1-12,15-18,20,26H,13-14,19,21H2;3H2,1-2H3. The smallest absolute Gasteiger partial charge is 0.246 e. The number of ether oxygens (including phenoxy) is 3. The van der Waals surface area contributed by atoms with Crippen LogP contribution in [0.1, 0.15) is 17.4 Å². The molecule has 0 bridgehead atoms. The molecule has 1 fully saturated rings. The minimum Gasteiger partial charge on any atom is -0.489 e. The second-order valence-electron chi connectivity index (χ2n) is 10.4. The van der Waals surface area contributed by atoms with Crippen molar-refractivity contribution in [3.8, 4) is 16.9 Å². The monoisotopic (exact) mass is 695 g/mol. The van der Waals surface area contributed by atoms with Crippen molar-refractivity contribution < 1.29 is 31.6 Å². The number of nitrogens with zero attached hydrogens (tertiary/aromatic N) is 3. The van der Waals surface area contributed by atoms with Crippen LogP contribution in [0.25, 0.3) is 22.0 Å². The van der Waals surface area contributed by atoms with Gasteiger partial charge in [0.2, 0.25) is 10.0 Å². The molecule has 2 aromatic heterocycles. The van der Waals surface area contributed by atoms with Crippen LogP contribution in [0.4, 0.5) is 0 Å². The molecular weight excluding hydrogens is 662 g/mol. The van der Waals surface area contributed by atoms with E-state index in [0.717, 1.165) is 17.7 Å². The molecule has 3 heterocycles. The van der Waals surface area contributed by atoms with Gasteiger partial charge in [-0.3, -0.25) is 13.8 Å². The molecule has 1 saturated heterocycles. The summed E-state index contributed by atoms with van der Waals surface area (Å²) in [5.74, 6) is 0.522. The Labute approximate surface area is 281 Å². The van der Waals surface area contributed by atoms with Crippen molar-refractivity contribution in [2.45, 2.75) is 22.8 Å². The zero-order chi connectivity index (χ0) is 33.4. The van der Waals surface area contributed by atoms with E-state index in [9.17, 15) is 17.4 Å². The Morgan fingerprint density at radius 1 is 1.02 bits per heavy atom. The summed E-state index contributed by atoms with van der Waals surface area (Å²) in [6.45, 7) is 3.04. The second-order valence-corrected chi connectivity index (χ2v) is 14.0. The number of sulfonamides is 1.